The van der Waals surface area contributed by atoms with Crippen LogP contribution in [0.5, 0.6) is 5.75 Å². The fourth-order valence-corrected chi connectivity index (χ4v) is 3.35. The summed E-state index contributed by atoms with van der Waals surface area (Å²) in [5.41, 5.74) is 4.30. The molecule has 0 saturated carbocycles. The molecular weight excluding hydrogens is 410 g/mol. The second-order valence-corrected chi connectivity index (χ2v) is 7.85. The third-order valence-electron chi connectivity index (χ3n) is 3.55. The highest BCUT2D eigenvalue weighted by molar-refractivity contribution is 7.99. The molecule has 0 aliphatic heterocycles. The van der Waals surface area contributed by atoms with Crippen LogP contribution in [0.1, 0.15) is 25.0 Å². The van der Waals surface area contributed by atoms with Crippen LogP contribution >= 0.6 is 23.4 Å². The van der Waals surface area contributed by atoms with Gasteiger partial charge in [-0.2, -0.15) is 5.10 Å². The van der Waals surface area contributed by atoms with Gasteiger partial charge in [-0.3, -0.25) is 9.59 Å². The summed E-state index contributed by atoms with van der Waals surface area (Å²) in [6.07, 6.45) is 1.55. The van der Waals surface area contributed by atoms with E-state index in [1.165, 1.54) is 11.8 Å². The minimum absolute atomic E-state index is 0.0342. The van der Waals surface area contributed by atoms with Crippen LogP contribution in [0.4, 0.5) is 0 Å². The van der Waals surface area contributed by atoms with Gasteiger partial charge in [-0.1, -0.05) is 29.8 Å². The van der Waals surface area contributed by atoms with Gasteiger partial charge in [0.2, 0.25) is 5.91 Å². The summed E-state index contributed by atoms with van der Waals surface area (Å²) in [6.45, 7) is 3.75. The predicted molar refractivity (Wildman–Crippen MR) is 119 cm³/mol. The van der Waals surface area contributed by atoms with Gasteiger partial charge in [-0.15, -0.1) is 11.8 Å². The first-order chi connectivity index (χ1) is 13.9. The summed E-state index contributed by atoms with van der Waals surface area (Å²) >= 11 is 7.56. The molecule has 6 nitrogen and oxygen atoms in total. The van der Waals surface area contributed by atoms with E-state index in [-0.39, 0.29) is 30.2 Å². The molecule has 0 heterocycles. The van der Waals surface area contributed by atoms with E-state index >= 15 is 0 Å². The Morgan fingerprint density at radius 3 is 2.55 bits per heavy atom. The fourth-order valence-electron chi connectivity index (χ4n) is 2.24. The van der Waals surface area contributed by atoms with Gasteiger partial charge in [0.25, 0.3) is 5.91 Å². The minimum Gasteiger partial charge on any atom is -0.484 e. The van der Waals surface area contributed by atoms with E-state index in [0.29, 0.717) is 16.5 Å². The Kier molecular flexibility index (Phi) is 9.53. The van der Waals surface area contributed by atoms with E-state index in [2.05, 4.69) is 15.8 Å². The van der Waals surface area contributed by atoms with Crippen molar-refractivity contribution in [2.45, 2.75) is 25.6 Å². The third-order valence-corrected chi connectivity index (χ3v) is 4.90. The highest BCUT2D eigenvalue weighted by Crippen LogP contribution is 2.20. The molecule has 0 fully saturated rings. The topological polar surface area (TPSA) is 79.8 Å². The van der Waals surface area contributed by atoms with E-state index in [1.807, 2.05) is 38.1 Å². The molecule has 2 aromatic carbocycles. The van der Waals surface area contributed by atoms with E-state index in [0.717, 1.165) is 11.1 Å². The predicted octanol–water partition coefficient (Wildman–Crippen LogP) is 3.63. The molecule has 2 aromatic rings. The molecule has 0 aliphatic carbocycles. The molecule has 2 N–H and O–H groups in total. The zero-order valence-corrected chi connectivity index (χ0v) is 17.9. The lowest BCUT2D eigenvalue weighted by atomic mass is 10.2. The average Bonchev–Trinajstić information content (AvgIpc) is 2.68. The Bertz CT molecular complexity index is 841. The number of halogens is 1. The molecule has 0 saturated heterocycles. The SMILES string of the molecule is CC(C)NC(=O)COc1ccc(/C=N\NC(=O)CSCc2ccccc2Cl)cc1. The Balaban J connectivity index is 1.69. The van der Waals surface area contributed by atoms with Crippen molar-refractivity contribution in [1.29, 1.82) is 0 Å². The van der Waals surface area contributed by atoms with Gasteiger partial charge in [0.1, 0.15) is 5.75 Å². The zero-order valence-electron chi connectivity index (χ0n) is 16.4. The van der Waals surface area contributed by atoms with Crippen LogP contribution in [-0.2, 0) is 15.3 Å². The first-order valence-corrected chi connectivity index (χ1v) is 10.6. The van der Waals surface area contributed by atoms with E-state index in [1.54, 1.807) is 30.5 Å². The first kappa shape index (κ1) is 22.8. The normalized spacial score (nSPS) is 10.9. The Morgan fingerprint density at radius 1 is 1.14 bits per heavy atom. The summed E-state index contributed by atoms with van der Waals surface area (Å²) < 4.78 is 5.42. The van der Waals surface area contributed by atoms with Crippen molar-refractivity contribution in [2.75, 3.05) is 12.4 Å². The summed E-state index contributed by atoms with van der Waals surface area (Å²) in [4.78, 5) is 23.4. The van der Waals surface area contributed by atoms with Crippen LogP contribution < -0.4 is 15.5 Å². The van der Waals surface area contributed by atoms with E-state index < -0.39 is 0 Å². The molecule has 8 heteroatoms. The number of ether oxygens (including phenoxy) is 1. The first-order valence-electron chi connectivity index (χ1n) is 9.09. The Hall–Kier alpha value is -2.51. The zero-order chi connectivity index (χ0) is 21.1. The smallest absolute Gasteiger partial charge is 0.258 e. The van der Waals surface area contributed by atoms with Crippen LogP contribution in [0.15, 0.2) is 53.6 Å². The minimum atomic E-state index is -0.186. The lowest BCUT2D eigenvalue weighted by molar-refractivity contribution is -0.123. The highest BCUT2D eigenvalue weighted by atomic mass is 35.5. The van der Waals surface area contributed by atoms with Crippen molar-refractivity contribution in [1.82, 2.24) is 10.7 Å². The van der Waals surface area contributed by atoms with Crippen molar-refractivity contribution in [2.24, 2.45) is 5.10 Å². The van der Waals surface area contributed by atoms with Gasteiger partial charge in [-0.25, -0.2) is 5.43 Å². The monoisotopic (exact) mass is 433 g/mol. The molecule has 0 radical (unpaired) electrons. The lowest BCUT2D eigenvalue weighted by Gasteiger charge is -2.09. The molecule has 2 amide bonds. The Labute approximate surface area is 180 Å². The highest BCUT2D eigenvalue weighted by Gasteiger charge is 2.05. The molecule has 2 rings (SSSR count). The molecule has 29 heavy (non-hydrogen) atoms. The molecule has 0 aromatic heterocycles. The van der Waals surface area contributed by atoms with Crippen molar-refractivity contribution >= 4 is 41.4 Å². The average molecular weight is 434 g/mol. The maximum Gasteiger partial charge on any atom is 0.258 e. The Morgan fingerprint density at radius 2 is 1.86 bits per heavy atom. The fraction of sp³-hybridized carbons (Fsp3) is 0.286. The van der Waals surface area contributed by atoms with Crippen molar-refractivity contribution < 1.29 is 14.3 Å². The second-order valence-electron chi connectivity index (χ2n) is 6.46. The number of carbonyl (C=O) groups excluding carboxylic acids is 2. The van der Waals surface area contributed by atoms with Gasteiger partial charge in [0.15, 0.2) is 6.61 Å². The number of thioether (sulfide) groups is 1. The summed E-state index contributed by atoms with van der Waals surface area (Å²) in [6, 6.07) is 14.7. The van der Waals surface area contributed by atoms with Crippen LogP contribution in [0.25, 0.3) is 0 Å². The van der Waals surface area contributed by atoms with Crippen LogP contribution in [-0.4, -0.2) is 36.4 Å². The number of rotatable bonds is 10. The number of nitrogens with zero attached hydrogens (tertiary/aromatic N) is 1. The maximum absolute atomic E-state index is 11.9. The van der Waals surface area contributed by atoms with Crippen molar-refractivity contribution in [3.63, 3.8) is 0 Å². The molecule has 0 aliphatic rings. The molecule has 0 spiro atoms. The number of hydrazone groups is 1. The maximum atomic E-state index is 11.9. The van der Waals surface area contributed by atoms with Crippen molar-refractivity contribution in [3.8, 4) is 5.75 Å². The van der Waals surface area contributed by atoms with Crippen molar-refractivity contribution in [3.05, 3.63) is 64.7 Å². The standard InChI is InChI=1S/C21H24ClN3O3S/c1-15(2)24-20(26)12-28-18-9-7-16(8-10-18)11-23-25-21(27)14-29-13-17-5-3-4-6-19(17)22/h3-11,15H,12-14H2,1-2H3,(H,24,26)(H,25,27)/b23-11-. The molecule has 154 valence electrons. The molecule has 0 unspecified atom stereocenters. The van der Waals surface area contributed by atoms with Gasteiger partial charge in [0.05, 0.1) is 12.0 Å². The number of hydrogen-bond acceptors (Lipinski definition) is 5. The summed E-state index contributed by atoms with van der Waals surface area (Å²) in [7, 11) is 0. The van der Waals surface area contributed by atoms with Crippen LogP contribution in [0, 0.1) is 0 Å². The van der Waals surface area contributed by atoms with Gasteiger partial charge in [-0.05, 0) is 55.3 Å². The molecule has 0 bridgehead atoms. The number of amides is 2. The quantitative estimate of drug-likeness (QED) is 0.443. The molecule has 0 atom stereocenters. The van der Waals surface area contributed by atoms with Crippen LogP contribution in [0.3, 0.4) is 0 Å². The number of benzene rings is 2. The van der Waals surface area contributed by atoms with Gasteiger partial charge in [0, 0.05) is 16.8 Å². The third kappa shape index (κ3) is 9.02. The number of hydrogen-bond donors (Lipinski definition) is 2. The lowest BCUT2D eigenvalue weighted by Crippen LogP contribution is -2.34. The largest absolute Gasteiger partial charge is 0.484 e. The van der Waals surface area contributed by atoms with E-state index in [4.69, 9.17) is 16.3 Å². The number of carbonyl (C=O) groups is 2. The molecular formula is C21H24ClN3O3S. The second kappa shape index (κ2) is 12.1. The number of nitrogens with one attached hydrogen (secondary N) is 2. The van der Waals surface area contributed by atoms with Gasteiger partial charge >= 0.3 is 0 Å². The van der Waals surface area contributed by atoms with Crippen LogP contribution in [0.2, 0.25) is 5.02 Å². The van der Waals surface area contributed by atoms with E-state index in [9.17, 15) is 9.59 Å². The summed E-state index contributed by atoms with van der Waals surface area (Å²) in [5.74, 6) is 1.18. The van der Waals surface area contributed by atoms with Gasteiger partial charge < -0.3 is 10.1 Å². The summed E-state index contributed by atoms with van der Waals surface area (Å²) in [5, 5.41) is 7.41.